The van der Waals surface area contributed by atoms with Gasteiger partial charge in [-0.1, -0.05) is 90.9 Å². The van der Waals surface area contributed by atoms with E-state index in [4.69, 9.17) is 24.4 Å². The van der Waals surface area contributed by atoms with E-state index in [0.717, 1.165) is 16.8 Å². The Labute approximate surface area is 306 Å². The molecule has 0 radical (unpaired) electrons. The Balaban J connectivity index is 0.000000274. The zero-order chi connectivity index (χ0) is 37.1. The predicted molar refractivity (Wildman–Crippen MR) is 214 cm³/mol. The number of carbonyl (C=O) groups excluding carboxylic acids is 3. The highest BCUT2D eigenvalue weighted by atomic mass is 32.1. The molecular weight excluding hydrogens is 663 g/mol. The molecular formula is C40H47N5O3S2. The molecule has 4 aromatic rings. The van der Waals surface area contributed by atoms with Gasteiger partial charge in [-0.25, -0.2) is 0 Å². The Hall–Kier alpha value is -4.93. The van der Waals surface area contributed by atoms with Gasteiger partial charge in [-0.3, -0.25) is 25.0 Å². The van der Waals surface area contributed by atoms with Crippen molar-refractivity contribution in [1.82, 2.24) is 10.6 Å². The molecule has 0 aliphatic heterocycles. The third kappa shape index (κ3) is 12.8. The third-order valence-corrected chi connectivity index (χ3v) is 7.89. The molecule has 0 unspecified atom stereocenters. The fourth-order valence-electron chi connectivity index (χ4n) is 4.57. The lowest BCUT2D eigenvalue weighted by Gasteiger charge is -2.19. The maximum atomic E-state index is 12.4. The minimum absolute atomic E-state index is 0.0318. The number of aryl methyl sites for hydroxylation is 1. The molecule has 0 saturated carbocycles. The average molecular weight is 710 g/mol. The molecule has 0 heterocycles. The van der Waals surface area contributed by atoms with Crippen LogP contribution in [0.4, 0.5) is 17.1 Å². The lowest BCUT2D eigenvalue weighted by Crippen LogP contribution is -2.34. The number of thiocarbonyl (C=S) groups is 2. The van der Waals surface area contributed by atoms with Crippen LogP contribution in [0.2, 0.25) is 0 Å². The van der Waals surface area contributed by atoms with E-state index in [1.165, 1.54) is 5.56 Å². The standard InChI is InChI=1S/C21H25N3O2S.C19H22N2OS/c1-5-18(25)22-16-7-6-8-17(13-16)23-20(27)24-19(26)14-9-11-15(12-10-14)21(2,3)4;1-13-6-5-7-16(12-13)20-18(23)21-17(22)14-8-10-15(11-9-14)19(2,3)4/h6-13H,5H2,1-4H3,(H,22,25)(H2,23,24,26,27);5-12H,1-4H3,(H2,20,21,22,23). The second-order valence-corrected chi connectivity index (χ2v) is 14.6. The van der Waals surface area contributed by atoms with Crippen molar-refractivity contribution >= 4 is 69.4 Å². The summed E-state index contributed by atoms with van der Waals surface area (Å²) >= 11 is 10.4. The summed E-state index contributed by atoms with van der Waals surface area (Å²) in [5.74, 6) is -0.555. The van der Waals surface area contributed by atoms with Gasteiger partial charge in [0, 0.05) is 34.6 Å². The van der Waals surface area contributed by atoms with Gasteiger partial charge in [0.1, 0.15) is 0 Å². The van der Waals surface area contributed by atoms with E-state index in [1.807, 2.05) is 67.6 Å². The normalized spacial score (nSPS) is 10.9. The first-order valence-corrected chi connectivity index (χ1v) is 17.2. The summed E-state index contributed by atoms with van der Waals surface area (Å²) in [5, 5.41) is 14.6. The molecule has 0 aliphatic rings. The molecule has 4 rings (SSSR count). The van der Waals surface area contributed by atoms with Crippen molar-refractivity contribution in [3.8, 4) is 0 Å². The Morgan fingerprint density at radius 1 is 0.560 bits per heavy atom. The molecule has 0 aliphatic carbocycles. The molecule has 10 heteroatoms. The lowest BCUT2D eigenvalue weighted by atomic mass is 9.86. The van der Waals surface area contributed by atoms with Gasteiger partial charge in [0.25, 0.3) is 11.8 Å². The Bertz CT molecular complexity index is 1820. The summed E-state index contributed by atoms with van der Waals surface area (Å²) in [6.45, 7) is 16.6. The van der Waals surface area contributed by atoms with Crippen LogP contribution in [-0.4, -0.2) is 27.9 Å². The highest BCUT2D eigenvalue weighted by molar-refractivity contribution is 7.80. The van der Waals surface area contributed by atoms with E-state index < -0.39 is 0 Å². The monoisotopic (exact) mass is 709 g/mol. The van der Waals surface area contributed by atoms with E-state index in [9.17, 15) is 14.4 Å². The van der Waals surface area contributed by atoms with Crippen LogP contribution in [0.3, 0.4) is 0 Å². The van der Waals surface area contributed by atoms with Gasteiger partial charge in [-0.15, -0.1) is 0 Å². The minimum Gasteiger partial charge on any atom is -0.332 e. The number of carbonyl (C=O) groups is 3. The Morgan fingerprint density at radius 3 is 1.32 bits per heavy atom. The third-order valence-electron chi connectivity index (χ3n) is 7.48. The molecule has 4 aromatic carbocycles. The van der Waals surface area contributed by atoms with Crippen LogP contribution in [0.1, 0.15) is 92.3 Å². The highest BCUT2D eigenvalue weighted by Gasteiger charge is 2.16. The Kier molecular flexibility index (Phi) is 13.9. The Morgan fingerprint density at radius 2 is 0.940 bits per heavy atom. The van der Waals surface area contributed by atoms with Crippen LogP contribution < -0.4 is 26.6 Å². The van der Waals surface area contributed by atoms with E-state index >= 15 is 0 Å². The zero-order valence-electron chi connectivity index (χ0n) is 30.0. The average Bonchev–Trinajstić information content (AvgIpc) is 3.04. The fraction of sp³-hybridized carbons (Fsp3) is 0.275. The number of anilines is 3. The minimum atomic E-state index is -0.275. The van der Waals surface area contributed by atoms with E-state index in [0.29, 0.717) is 34.0 Å². The van der Waals surface area contributed by atoms with Crippen molar-refractivity contribution in [2.24, 2.45) is 0 Å². The summed E-state index contributed by atoms with van der Waals surface area (Å²) in [6, 6.07) is 30.0. The second kappa shape index (κ2) is 17.6. The molecule has 0 saturated heterocycles. The maximum Gasteiger partial charge on any atom is 0.257 e. The number of benzene rings is 4. The van der Waals surface area contributed by atoms with Crippen LogP contribution in [-0.2, 0) is 15.6 Å². The maximum absolute atomic E-state index is 12.4. The first-order chi connectivity index (χ1) is 23.4. The molecule has 0 spiro atoms. The van der Waals surface area contributed by atoms with Gasteiger partial charge in [-0.05, 0) is 113 Å². The number of nitrogens with one attached hydrogen (secondary N) is 5. The van der Waals surface area contributed by atoms with Crippen molar-refractivity contribution in [3.63, 3.8) is 0 Å². The molecule has 5 N–H and O–H groups in total. The first kappa shape index (κ1) is 39.5. The second-order valence-electron chi connectivity index (χ2n) is 13.8. The van der Waals surface area contributed by atoms with Gasteiger partial charge < -0.3 is 16.0 Å². The van der Waals surface area contributed by atoms with Crippen LogP contribution in [0.25, 0.3) is 0 Å². The van der Waals surface area contributed by atoms with Gasteiger partial charge in [-0.2, -0.15) is 0 Å². The molecule has 0 atom stereocenters. The van der Waals surface area contributed by atoms with Crippen LogP contribution in [0.5, 0.6) is 0 Å². The van der Waals surface area contributed by atoms with Gasteiger partial charge in [0.2, 0.25) is 5.91 Å². The largest absolute Gasteiger partial charge is 0.332 e. The van der Waals surface area contributed by atoms with E-state index in [2.05, 4.69) is 68.1 Å². The molecule has 0 fully saturated rings. The van der Waals surface area contributed by atoms with Gasteiger partial charge >= 0.3 is 0 Å². The van der Waals surface area contributed by atoms with Crippen molar-refractivity contribution < 1.29 is 14.4 Å². The first-order valence-electron chi connectivity index (χ1n) is 16.4. The number of hydrogen-bond acceptors (Lipinski definition) is 5. The summed E-state index contributed by atoms with van der Waals surface area (Å²) in [5.41, 5.74) is 6.90. The van der Waals surface area contributed by atoms with Crippen molar-refractivity contribution in [2.45, 2.75) is 72.6 Å². The van der Waals surface area contributed by atoms with E-state index in [1.54, 1.807) is 43.3 Å². The summed E-state index contributed by atoms with van der Waals surface area (Å²) in [7, 11) is 0. The predicted octanol–water partition coefficient (Wildman–Crippen LogP) is 8.88. The summed E-state index contributed by atoms with van der Waals surface area (Å²) < 4.78 is 0. The summed E-state index contributed by atoms with van der Waals surface area (Å²) in [4.78, 5) is 36.1. The van der Waals surface area contributed by atoms with Crippen LogP contribution >= 0.6 is 24.4 Å². The van der Waals surface area contributed by atoms with Crippen molar-refractivity contribution in [2.75, 3.05) is 16.0 Å². The SMILES string of the molecule is CCC(=O)Nc1cccc(NC(=S)NC(=O)c2ccc(C(C)(C)C)cc2)c1.Cc1cccc(NC(=S)NC(=O)c2ccc(C(C)(C)C)cc2)c1. The van der Waals surface area contributed by atoms with Crippen molar-refractivity contribution in [1.29, 1.82) is 0 Å². The van der Waals surface area contributed by atoms with Gasteiger partial charge in [0.05, 0.1) is 0 Å². The highest BCUT2D eigenvalue weighted by Crippen LogP contribution is 2.23. The van der Waals surface area contributed by atoms with Crippen molar-refractivity contribution in [3.05, 3.63) is 125 Å². The summed E-state index contributed by atoms with van der Waals surface area (Å²) in [6.07, 6.45) is 0.403. The number of hydrogen-bond donors (Lipinski definition) is 5. The fourth-order valence-corrected chi connectivity index (χ4v) is 4.99. The quantitative estimate of drug-likeness (QED) is 0.127. The molecule has 3 amide bonds. The molecule has 0 bridgehead atoms. The van der Waals surface area contributed by atoms with Crippen LogP contribution in [0.15, 0.2) is 97.1 Å². The molecule has 50 heavy (non-hydrogen) atoms. The molecule has 8 nitrogen and oxygen atoms in total. The molecule has 262 valence electrons. The topological polar surface area (TPSA) is 111 Å². The smallest absolute Gasteiger partial charge is 0.257 e. The number of amides is 3. The lowest BCUT2D eigenvalue weighted by molar-refractivity contribution is -0.115. The molecule has 0 aromatic heterocycles. The number of rotatable bonds is 6. The van der Waals surface area contributed by atoms with E-state index in [-0.39, 0.29) is 33.7 Å². The zero-order valence-corrected chi connectivity index (χ0v) is 31.6. The van der Waals surface area contributed by atoms with Gasteiger partial charge in [0.15, 0.2) is 10.2 Å². The van der Waals surface area contributed by atoms with Crippen LogP contribution in [0, 0.1) is 6.92 Å².